The van der Waals surface area contributed by atoms with Gasteiger partial charge in [-0.05, 0) is 24.3 Å². The molecule has 0 aromatic heterocycles. The highest BCUT2D eigenvalue weighted by Crippen LogP contribution is 2.30. The Morgan fingerprint density at radius 3 is 2.68 bits per heavy atom. The minimum absolute atomic E-state index is 0.00528. The van der Waals surface area contributed by atoms with Crippen LogP contribution in [0.3, 0.4) is 0 Å². The monoisotopic (exact) mass is 281 g/mol. The van der Waals surface area contributed by atoms with E-state index in [2.05, 4.69) is 0 Å². The van der Waals surface area contributed by atoms with Gasteiger partial charge in [-0.25, -0.2) is 4.39 Å². The molecule has 2 N–H and O–H groups in total. The lowest BCUT2D eigenvalue weighted by molar-refractivity contribution is 0.280. The molecule has 3 nitrogen and oxygen atoms in total. The van der Waals surface area contributed by atoms with Crippen LogP contribution in [0.4, 0.5) is 10.1 Å². The molecule has 0 unspecified atom stereocenters. The fourth-order valence-electron chi connectivity index (χ4n) is 1.63. The van der Waals surface area contributed by atoms with E-state index in [-0.39, 0.29) is 6.61 Å². The largest absolute Gasteiger partial charge is 0.493 e. The molecule has 0 bridgehead atoms. The third-order valence-electron chi connectivity index (χ3n) is 2.62. The number of nitrogen functional groups attached to an aromatic ring is 1. The SMILES string of the molecule is COc1ccc(N)cc1OCc1c(F)cccc1Cl. The van der Waals surface area contributed by atoms with Gasteiger partial charge in [0.25, 0.3) is 0 Å². The molecule has 0 saturated carbocycles. The van der Waals surface area contributed by atoms with E-state index >= 15 is 0 Å². The van der Waals surface area contributed by atoms with Gasteiger partial charge in [-0.3, -0.25) is 0 Å². The van der Waals surface area contributed by atoms with E-state index < -0.39 is 5.82 Å². The molecule has 100 valence electrons. The topological polar surface area (TPSA) is 44.5 Å². The Morgan fingerprint density at radius 1 is 1.21 bits per heavy atom. The Labute approximate surface area is 115 Å². The molecule has 2 aromatic carbocycles. The van der Waals surface area contributed by atoms with Crippen LogP contribution in [-0.4, -0.2) is 7.11 Å². The lowest BCUT2D eigenvalue weighted by atomic mass is 10.2. The summed E-state index contributed by atoms with van der Waals surface area (Å²) in [6, 6.07) is 9.49. The molecule has 0 aliphatic carbocycles. The normalized spacial score (nSPS) is 10.3. The Kier molecular flexibility index (Phi) is 4.12. The molecule has 0 atom stereocenters. The number of benzene rings is 2. The van der Waals surface area contributed by atoms with E-state index in [1.807, 2.05) is 0 Å². The maximum Gasteiger partial charge on any atom is 0.163 e. The van der Waals surface area contributed by atoms with Crippen LogP contribution in [0.25, 0.3) is 0 Å². The molecule has 2 rings (SSSR count). The number of nitrogens with two attached hydrogens (primary N) is 1. The smallest absolute Gasteiger partial charge is 0.163 e. The van der Waals surface area contributed by atoms with Gasteiger partial charge in [0.05, 0.1) is 12.1 Å². The Bertz CT molecular complexity index is 569. The van der Waals surface area contributed by atoms with E-state index in [1.54, 1.807) is 30.3 Å². The summed E-state index contributed by atoms with van der Waals surface area (Å²) in [6.07, 6.45) is 0. The summed E-state index contributed by atoms with van der Waals surface area (Å²) in [5.74, 6) is 0.568. The molecule has 0 fully saturated rings. The summed E-state index contributed by atoms with van der Waals surface area (Å²) >= 11 is 5.92. The van der Waals surface area contributed by atoms with Crippen molar-refractivity contribution in [1.82, 2.24) is 0 Å². The van der Waals surface area contributed by atoms with Crippen molar-refractivity contribution in [3.63, 3.8) is 0 Å². The second-order valence-electron chi connectivity index (χ2n) is 3.90. The van der Waals surface area contributed by atoms with Crippen LogP contribution >= 0.6 is 11.6 Å². The van der Waals surface area contributed by atoms with Gasteiger partial charge >= 0.3 is 0 Å². The zero-order chi connectivity index (χ0) is 13.8. The van der Waals surface area contributed by atoms with E-state index in [0.29, 0.717) is 27.8 Å². The number of rotatable bonds is 4. The first-order chi connectivity index (χ1) is 9.11. The van der Waals surface area contributed by atoms with Crippen molar-refractivity contribution >= 4 is 17.3 Å². The van der Waals surface area contributed by atoms with Gasteiger partial charge in [-0.1, -0.05) is 17.7 Å². The number of hydrogen-bond donors (Lipinski definition) is 1. The molecule has 0 aliphatic rings. The van der Waals surface area contributed by atoms with Crippen molar-refractivity contribution in [3.05, 3.63) is 52.8 Å². The highest BCUT2D eigenvalue weighted by Gasteiger charge is 2.10. The van der Waals surface area contributed by atoms with E-state index in [4.69, 9.17) is 26.8 Å². The molecule has 0 amide bonds. The van der Waals surface area contributed by atoms with Crippen molar-refractivity contribution in [1.29, 1.82) is 0 Å². The summed E-state index contributed by atoms with van der Waals surface area (Å²) in [5, 5.41) is 0.322. The van der Waals surface area contributed by atoms with Crippen molar-refractivity contribution in [3.8, 4) is 11.5 Å². The van der Waals surface area contributed by atoms with Crippen LogP contribution in [0.1, 0.15) is 5.56 Å². The van der Waals surface area contributed by atoms with Crippen molar-refractivity contribution in [2.24, 2.45) is 0 Å². The van der Waals surface area contributed by atoms with Crippen LogP contribution in [0, 0.1) is 5.82 Å². The fraction of sp³-hybridized carbons (Fsp3) is 0.143. The van der Waals surface area contributed by atoms with Gasteiger partial charge in [0.2, 0.25) is 0 Å². The lowest BCUT2D eigenvalue weighted by Crippen LogP contribution is -2.01. The van der Waals surface area contributed by atoms with E-state index in [9.17, 15) is 4.39 Å². The van der Waals surface area contributed by atoms with Gasteiger partial charge in [-0.15, -0.1) is 0 Å². The molecule has 0 saturated heterocycles. The van der Waals surface area contributed by atoms with E-state index in [0.717, 1.165) is 0 Å². The first kappa shape index (κ1) is 13.5. The number of anilines is 1. The lowest BCUT2D eigenvalue weighted by Gasteiger charge is -2.12. The highest BCUT2D eigenvalue weighted by molar-refractivity contribution is 6.31. The first-order valence-electron chi connectivity index (χ1n) is 5.61. The molecule has 19 heavy (non-hydrogen) atoms. The van der Waals surface area contributed by atoms with Crippen LogP contribution in [0.5, 0.6) is 11.5 Å². The summed E-state index contributed by atoms with van der Waals surface area (Å²) in [5.41, 5.74) is 6.51. The average Bonchev–Trinajstić information content (AvgIpc) is 2.38. The van der Waals surface area contributed by atoms with Crippen molar-refractivity contribution in [2.45, 2.75) is 6.61 Å². The fourth-order valence-corrected chi connectivity index (χ4v) is 1.84. The number of hydrogen-bond acceptors (Lipinski definition) is 3. The third kappa shape index (κ3) is 3.09. The summed E-state index contributed by atoms with van der Waals surface area (Å²) < 4.78 is 24.3. The van der Waals surface area contributed by atoms with Gasteiger partial charge in [-0.2, -0.15) is 0 Å². The van der Waals surface area contributed by atoms with Crippen LogP contribution in [0.15, 0.2) is 36.4 Å². The summed E-state index contributed by atoms with van der Waals surface area (Å²) in [7, 11) is 1.52. The first-order valence-corrected chi connectivity index (χ1v) is 5.99. The van der Waals surface area contributed by atoms with Crippen molar-refractivity contribution < 1.29 is 13.9 Å². The quantitative estimate of drug-likeness (QED) is 0.870. The predicted octanol–water partition coefficient (Wildman–Crippen LogP) is 3.65. The molecular weight excluding hydrogens is 269 g/mol. The highest BCUT2D eigenvalue weighted by atomic mass is 35.5. The zero-order valence-electron chi connectivity index (χ0n) is 10.3. The molecule has 0 radical (unpaired) electrons. The number of methoxy groups -OCH3 is 1. The predicted molar refractivity (Wildman–Crippen MR) is 73.1 cm³/mol. The number of halogens is 2. The van der Waals surface area contributed by atoms with Gasteiger partial charge in [0.15, 0.2) is 11.5 Å². The van der Waals surface area contributed by atoms with Crippen LogP contribution < -0.4 is 15.2 Å². The van der Waals surface area contributed by atoms with Gasteiger partial charge < -0.3 is 15.2 Å². The summed E-state index contributed by atoms with van der Waals surface area (Å²) in [4.78, 5) is 0. The average molecular weight is 282 g/mol. The molecular formula is C14H13ClFNO2. The molecule has 0 heterocycles. The Hall–Kier alpha value is -1.94. The zero-order valence-corrected chi connectivity index (χ0v) is 11.1. The maximum absolute atomic E-state index is 13.6. The molecule has 0 aliphatic heterocycles. The second kappa shape index (κ2) is 5.80. The summed E-state index contributed by atoms with van der Waals surface area (Å²) in [6.45, 7) is 0.00528. The van der Waals surface area contributed by atoms with Crippen molar-refractivity contribution in [2.75, 3.05) is 12.8 Å². The van der Waals surface area contributed by atoms with Crippen LogP contribution in [0.2, 0.25) is 5.02 Å². The maximum atomic E-state index is 13.6. The Morgan fingerprint density at radius 2 is 2.00 bits per heavy atom. The van der Waals surface area contributed by atoms with Crippen LogP contribution in [-0.2, 0) is 6.61 Å². The van der Waals surface area contributed by atoms with Gasteiger partial charge in [0.1, 0.15) is 12.4 Å². The second-order valence-corrected chi connectivity index (χ2v) is 4.31. The molecule has 0 spiro atoms. The minimum Gasteiger partial charge on any atom is -0.493 e. The van der Waals surface area contributed by atoms with Gasteiger partial charge in [0, 0.05) is 17.3 Å². The standard InChI is InChI=1S/C14H13ClFNO2/c1-18-13-6-5-9(17)7-14(13)19-8-10-11(15)3-2-4-12(10)16/h2-7H,8,17H2,1H3. The molecule has 5 heteroatoms. The Balaban J connectivity index is 2.21. The minimum atomic E-state index is -0.407. The van der Waals surface area contributed by atoms with E-state index in [1.165, 1.54) is 13.2 Å². The molecule has 2 aromatic rings. The third-order valence-corrected chi connectivity index (χ3v) is 2.98. The number of ether oxygens (including phenoxy) is 2.